The highest BCUT2D eigenvalue weighted by Crippen LogP contribution is 2.15. The fourth-order valence-corrected chi connectivity index (χ4v) is 2.90. The molecule has 120 valence electrons. The normalized spacial score (nSPS) is 14.6. The van der Waals surface area contributed by atoms with Gasteiger partial charge >= 0.3 is 0 Å². The molecule has 0 aromatic carbocycles. The van der Waals surface area contributed by atoms with Crippen molar-refractivity contribution >= 4 is 27.8 Å². The van der Waals surface area contributed by atoms with Crippen molar-refractivity contribution in [3.05, 3.63) is 46.5 Å². The highest BCUT2D eigenvalue weighted by Gasteiger charge is 2.14. The minimum atomic E-state index is -0.170. The molecule has 1 N–H and O–H groups in total. The van der Waals surface area contributed by atoms with Gasteiger partial charge in [0.2, 0.25) is 5.95 Å². The molecule has 1 saturated heterocycles. The van der Waals surface area contributed by atoms with E-state index in [4.69, 9.17) is 0 Å². The molecule has 0 saturated carbocycles. The van der Waals surface area contributed by atoms with Crippen LogP contribution in [0.1, 0.15) is 35.3 Å². The number of hydrogen-bond acceptors (Lipinski definition) is 5. The lowest BCUT2D eigenvalue weighted by atomic mass is 10.1. The smallest absolute Gasteiger partial charge is 0.253 e. The van der Waals surface area contributed by atoms with Crippen molar-refractivity contribution in [2.24, 2.45) is 0 Å². The first kappa shape index (κ1) is 15.9. The quantitative estimate of drug-likeness (QED) is 0.888. The van der Waals surface area contributed by atoms with Crippen molar-refractivity contribution in [2.75, 3.05) is 18.0 Å². The van der Waals surface area contributed by atoms with E-state index in [0.29, 0.717) is 12.1 Å². The molecule has 0 unspecified atom stereocenters. The topological polar surface area (TPSA) is 71.0 Å². The summed E-state index contributed by atoms with van der Waals surface area (Å²) in [6, 6.07) is 3.56. The molecule has 7 heteroatoms. The zero-order valence-electron chi connectivity index (χ0n) is 12.7. The molecular weight excluding hydrogens is 358 g/mol. The number of nitrogens with one attached hydrogen (secondary N) is 1. The molecule has 2 aromatic heterocycles. The van der Waals surface area contributed by atoms with Crippen LogP contribution in [0.2, 0.25) is 0 Å². The summed E-state index contributed by atoms with van der Waals surface area (Å²) in [6.45, 7) is 2.37. The second-order valence-electron chi connectivity index (χ2n) is 5.47. The number of amides is 1. The van der Waals surface area contributed by atoms with Crippen LogP contribution in [0.25, 0.3) is 0 Å². The molecule has 1 fully saturated rings. The van der Waals surface area contributed by atoms with E-state index in [0.717, 1.165) is 29.2 Å². The van der Waals surface area contributed by atoms with E-state index >= 15 is 0 Å². The number of pyridine rings is 1. The largest absolute Gasteiger partial charge is 0.346 e. The summed E-state index contributed by atoms with van der Waals surface area (Å²) in [6.07, 6.45) is 8.57. The van der Waals surface area contributed by atoms with Gasteiger partial charge in [0.1, 0.15) is 0 Å². The van der Waals surface area contributed by atoms with Crippen molar-refractivity contribution in [1.82, 2.24) is 20.3 Å². The molecule has 0 bridgehead atoms. The average Bonchev–Trinajstić information content (AvgIpc) is 2.61. The molecule has 6 nitrogen and oxygen atoms in total. The predicted molar refractivity (Wildman–Crippen MR) is 91.2 cm³/mol. The van der Waals surface area contributed by atoms with Crippen molar-refractivity contribution in [1.29, 1.82) is 0 Å². The molecule has 1 amide bonds. The zero-order valence-corrected chi connectivity index (χ0v) is 14.3. The maximum atomic E-state index is 12.1. The summed E-state index contributed by atoms with van der Waals surface area (Å²) in [5.74, 6) is 0.581. The average molecular weight is 376 g/mol. The Morgan fingerprint density at radius 2 is 2.09 bits per heavy atom. The van der Waals surface area contributed by atoms with Crippen molar-refractivity contribution in [3.8, 4) is 0 Å². The van der Waals surface area contributed by atoms with Gasteiger partial charge in [-0.3, -0.25) is 9.78 Å². The minimum absolute atomic E-state index is 0.170. The second kappa shape index (κ2) is 7.50. The Balaban J connectivity index is 1.63. The van der Waals surface area contributed by atoms with E-state index in [1.807, 2.05) is 6.07 Å². The van der Waals surface area contributed by atoms with E-state index in [1.54, 1.807) is 24.7 Å². The van der Waals surface area contributed by atoms with Crippen LogP contribution in [-0.4, -0.2) is 33.9 Å². The predicted octanol–water partition coefficient (Wildman–Crippen LogP) is 2.55. The molecule has 23 heavy (non-hydrogen) atoms. The number of nitrogens with zero attached hydrogens (tertiary/aromatic N) is 4. The lowest BCUT2D eigenvalue weighted by Gasteiger charge is -2.26. The lowest BCUT2D eigenvalue weighted by molar-refractivity contribution is 0.0950. The molecule has 1 aliphatic heterocycles. The molecule has 2 aromatic rings. The number of halogens is 1. The third kappa shape index (κ3) is 4.25. The van der Waals surface area contributed by atoms with Crippen molar-refractivity contribution < 1.29 is 4.79 Å². The highest BCUT2D eigenvalue weighted by molar-refractivity contribution is 9.10. The molecule has 3 heterocycles. The Labute approximate surface area is 143 Å². The highest BCUT2D eigenvalue weighted by atomic mass is 79.9. The maximum Gasteiger partial charge on any atom is 0.253 e. The van der Waals surface area contributed by atoms with E-state index in [9.17, 15) is 4.79 Å². The molecule has 0 radical (unpaired) electrons. The Bertz CT molecular complexity index is 688. The van der Waals surface area contributed by atoms with Gasteiger partial charge in [0.05, 0.1) is 17.8 Å². The van der Waals surface area contributed by atoms with Gasteiger partial charge in [-0.25, -0.2) is 9.97 Å². The van der Waals surface area contributed by atoms with Crippen LogP contribution >= 0.6 is 15.9 Å². The number of aromatic nitrogens is 3. The third-order valence-electron chi connectivity index (χ3n) is 3.74. The molecule has 0 aliphatic carbocycles. The summed E-state index contributed by atoms with van der Waals surface area (Å²) in [4.78, 5) is 27.2. The van der Waals surface area contributed by atoms with Crippen LogP contribution < -0.4 is 10.2 Å². The number of carbonyl (C=O) groups excluding carboxylic acids is 1. The fourth-order valence-electron chi connectivity index (χ4n) is 2.54. The standard InChI is InChI=1S/C16H18BrN5O/c17-13-8-12(9-18-10-13)15(23)20-11-14-4-5-19-16(21-14)22-6-2-1-3-7-22/h4-5,8-10H,1-3,6-7,11H2,(H,20,23). The van der Waals surface area contributed by atoms with Gasteiger partial charge in [-0.2, -0.15) is 0 Å². The Hall–Kier alpha value is -2.02. The van der Waals surface area contributed by atoms with Gasteiger partial charge in [0, 0.05) is 36.2 Å². The number of rotatable bonds is 4. The number of hydrogen-bond donors (Lipinski definition) is 1. The zero-order chi connectivity index (χ0) is 16.1. The molecule has 1 aliphatic rings. The molecular formula is C16H18BrN5O. The van der Waals surface area contributed by atoms with Crippen LogP contribution in [0.5, 0.6) is 0 Å². The monoisotopic (exact) mass is 375 g/mol. The Morgan fingerprint density at radius 3 is 2.87 bits per heavy atom. The van der Waals surface area contributed by atoms with Crippen LogP contribution in [0.15, 0.2) is 35.2 Å². The summed E-state index contributed by atoms with van der Waals surface area (Å²) >= 11 is 3.31. The molecule has 3 rings (SSSR count). The third-order valence-corrected chi connectivity index (χ3v) is 4.17. The van der Waals surface area contributed by atoms with Crippen LogP contribution in [0.3, 0.4) is 0 Å². The number of piperidine rings is 1. The van der Waals surface area contributed by atoms with Gasteiger partial charge in [-0.15, -0.1) is 0 Å². The number of anilines is 1. The van der Waals surface area contributed by atoms with E-state index in [2.05, 4.69) is 41.1 Å². The van der Waals surface area contributed by atoms with Crippen LogP contribution in [0.4, 0.5) is 5.95 Å². The first-order valence-electron chi connectivity index (χ1n) is 7.68. The fraction of sp³-hybridized carbons (Fsp3) is 0.375. The first-order chi connectivity index (χ1) is 11.2. The summed E-state index contributed by atoms with van der Waals surface area (Å²) in [7, 11) is 0. The second-order valence-corrected chi connectivity index (χ2v) is 6.39. The maximum absolute atomic E-state index is 12.1. The van der Waals surface area contributed by atoms with Gasteiger partial charge in [-0.1, -0.05) is 0 Å². The summed E-state index contributed by atoms with van der Waals surface area (Å²) in [5.41, 5.74) is 1.32. The van der Waals surface area contributed by atoms with E-state index < -0.39 is 0 Å². The van der Waals surface area contributed by atoms with Gasteiger partial charge < -0.3 is 10.2 Å². The van der Waals surface area contributed by atoms with Crippen molar-refractivity contribution in [3.63, 3.8) is 0 Å². The molecule has 0 atom stereocenters. The van der Waals surface area contributed by atoms with Gasteiger partial charge in [0.25, 0.3) is 5.91 Å². The first-order valence-corrected chi connectivity index (χ1v) is 8.47. The number of carbonyl (C=O) groups is 1. The molecule has 0 spiro atoms. The van der Waals surface area contributed by atoms with E-state index in [-0.39, 0.29) is 5.91 Å². The van der Waals surface area contributed by atoms with Gasteiger partial charge in [0.15, 0.2) is 0 Å². The summed E-state index contributed by atoms with van der Waals surface area (Å²) < 4.78 is 0.777. The van der Waals surface area contributed by atoms with E-state index in [1.165, 1.54) is 19.3 Å². The van der Waals surface area contributed by atoms with Crippen LogP contribution in [-0.2, 0) is 6.54 Å². The SMILES string of the molecule is O=C(NCc1ccnc(N2CCCCC2)n1)c1cncc(Br)c1. The lowest BCUT2D eigenvalue weighted by Crippen LogP contribution is -2.31. The summed E-state index contributed by atoms with van der Waals surface area (Å²) in [5, 5.41) is 2.86. The Kier molecular flexibility index (Phi) is 5.17. The van der Waals surface area contributed by atoms with Crippen molar-refractivity contribution in [2.45, 2.75) is 25.8 Å². The van der Waals surface area contributed by atoms with Crippen LogP contribution in [0, 0.1) is 0 Å². The minimum Gasteiger partial charge on any atom is -0.346 e. The Morgan fingerprint density at radius 1 is 1.26 bits per heavy atom. The van der Waals surface area contributed by atoms with Gasteiger partial charge in [-0.05, 0) is 47.3 Å².